The smallest absolute Gasteiger partial charge is 0.205 e. The first-order valence-electron chi connectivity index (χ1n) is 7.57. The fraction of sp³-hybridized carbons (Fsp3) is 0.111. The van der Waals surface area contributed by atoms with E-state index in [0.717, 1.165) is 9.75 Å². The van der Waals surface area contributed by atoms with Crippen LogP contribution in [0.4, 0.5) is 0 Å². The van der Waals surface area contributed by atoms with Gasteiger partial charge in [-0.2, -0.15) is 0 Å². The van der Waals surface area contributed by atoms with E-state index in [1.165, 1.54) is 22.7 Å². The first-order valence-corrected chi connectivity index (χ1v) is 9.20. The van der Waals surface area contributed by atoms with Gasteiger partial charge in [0.25, 0.3) is 0 Å². The minimum atomic E-state index is -0.579. The highest BCUT2D eigenvalue weighted by Gasteiger charge is 2.33. The van der Waals surface area contributed by atoms with Crippen LogP contribution in [-0.2, 0) is 19.2 Å². The Hall–Kier alpha value is -2.84. The van der Waals surface area contributed by atoms with Gasteiger partial charge in [-0.1, -0.05) is 0 Å². The number of carbonyl (C=O) groups is 4. The molecule has 0 atom stereocenters. The van der Waals surface area contributed by atoms with Crippen molar-refractivity contribution in [2.24, 2.45) is 0 Å². The zero-order valence-corrected chi connectivity index (χ0v) is 14.7. The highest BCUT2D eigenvalue weighted by atomic mass is 32.1. The number of thiophene rings is 2. The molecule has 2 aromatic heterocycles. The molecule has 26 heavy (non-hydrogen) atoms. The van der Waals surface area contributed by atoms with Gasteiger partial charge in [-0.15, -0.1) is 22.7 Å². The molecule has 0 fully saturated rings. The Balaban J connectivity index is 1.70. The number of aliphatic hydroxyl groups is 2. The van der Waals surface area contributed by atoms with Crippen molar-refractivity contribution in [3.63, 3.8) is 0 Å². The molecule has 0 aliphatic heterocycles. The van der Waals surface area contributed by atoms with Gasteiger partial charge >= 0.3 is 0 Å². The summed E-state index contributed by atoms with van der Waals surface area (Å²) in [5.41, 5.74) is 0.0832. The van der Waals surface area contributed by atoms with Gasteiger partial charge in [-0.05, 0) is 24.3 Å². The van der Waals surface area contributed by atoms with Gasteiger partial charge in [0.15, 0.2) is 23.1 Å². The largest absolute Gasteiger partial charge is 0.504 e. The summed E-state index contributed by atoms with van der Waals surface area (Å²) in [6, 6.07) is 6.81. The van der Waals surface area contributed by atoms with Crippen LogP contribution in [0.2, 0.25) is 0 Å². The molecule has 2 aliphatic rings. The lowest BCUT2D eigenvalue weighted by molar-refractivity contribution is -0.123. The van der Waals surface area contributed by atoms with Crippen LogP contribution in [0, 0.1) is 0 Å². The lowest BCUT2D eigenvalue weighted by Gasteiger charge is -1.96. The van der Waals surface area contributed by atoms with E-state index >= 15 is 0 Å². The number of aliphatic hydroxyl groups excluding tert-OH is 2. The quantitative estimate of drug-likeness (QED) is 0.785. The summed E-state index contributed by atoms with van der Waals surface area (Å²) in [6.07, 6.45) is -0.637. The third kappa shape index (κ3) is 2.46. The number of carbonyl (C=O) groups excluding carboxylic acids is 4. The Morgan fingerprint density at radius 2 is 0.923 bits per heavy atom. The van der Waals surface area contributed by atoms with E-state index in [1.54, 1.807) is 24.3 Å². The Labute approximate surface area is 154 Å². The molecule has 2 aromatic rings. The van der Waals surface area contributed by atoms with Gasteiger partial charge < -0.3 is 10.2 Å². The molecular formula is C18H10O6S2. The van der Waals surface area contributed by atoms with Crippen LogP contribution in [0.5, 0.6) is 0 Å². The van der Waals surface area contributed by atoms with Crippen molar-refractivity contribution in [2.45, 2.75) is 12.8 Å². The number of hydrogen-bond acceptors (Lipinski definition) is 8. The molecule has 0 unspecified atom stereocenters. The fourth-order valence-corrected chi connectivity index (χ4v) is 5.13. The van der Waals surface area contributed by atoms with E-state index in [1.807, 2.05) is 0 Å². The molecule has 0 aromatic carbocycles. The minimum Gasteiger partial charge on any atom is -0.504 e. The van der Waals surface area contributed by atoms with Crippen molar-refractivity contribution in [2.75, 3.05) is 0 Å². The maximum atomic E-state index is 11.9. The highest BCUT2D eigenvalue weighted by molar-refractivity contribution is 7.23. The van der Waals surface area contributed by atoms with Gasteiger partial charge in [-0.25, -0.2) is 0 Å². The standard InChI is InChI=1S/C18H10O6S2/c19-7-5-9(21)17(23)15(7)13-3-1-11(25-13)12-2-4-14(26-12)16-8(20)6-10(22)18(16)24/h1-4,23-24H,5-6H2. The molecule has 0 spiro atoms. The van der Waals surface area contributed by atoms with Crippen LogP contribution in [0.3, 0.4) is 0 Å². The van der Waals surface area contributed by atoms with Crippen LogP contribution in [0.25, 0.3) is 20.9 Å². The predicted molar refractivity (Wildman–Crippen MR) is 96.0 cm³/mol. The fourth-order valence-electron chi connectivity index (χ4n) is 2.90. The normalized spacial score (nSPS) is 18.0. The Bertz CT molecular complexity index is 993. The van der Waals surface area contributed by atoms with Crippen molar-refractivity contribution in [1.29, 1.82) is 0 Å². The third-order valence-corrected chi connectivity index (χ3v) is 6.55. The molecule has 2 heterocycles. The lowest BCUT2D eigenvalue weighted by Crippen LogP contribution is -1.96. The zero-order chi connectivity index (χ0) is 18.6. The van der Waals surface area contributed by atoms with Crippen molar-refractivity contribution in [3.05, 3.63) is 45.5 Å². The zero-order valence-electron chi connectivity index (χ0n) is 13.1. The van der Waals surface area contributed by atoms with Crippen molar-refractivity contribution in [1.82, 2.24) is 0 Å². The second-order valence-corrected chi connectivity index (χ2v) is 7.99. The molecule has 0 saturated heterocycles. The monoisotopic (exact) mass is 386 g/mol. The maximum absolute atomic E-state index is 11.9. The summed E-state index contributed by atoms with van der Waals surface area (Å²) >= 11 is 2.48. The van der Waals surface area contributed by atoms with Crippen LogP contribution >= 0.6 is 22.7 Å². The van der Waals surface area contributed by atoms with Gasteiger partial charge in [0, 0.05) is 19.5 Å². The first-order chi connectivity index (χ1) is 12.4. The molecule has 2 aliphatic carbocycles. The summed E-state index contributed by atoms with van der Waals surface area (Å²) in [7, 11) is 0. The Morgan fingerprint density at radius 1 is 0.577 bits per heavy atom. The van der Waals surface area contributed by atoms with E-state index in [-0.39, 0.29) is 24.0 Å². The van der Waals surface area contributed by atoms with Gasteiger partial charge in [-0.3, -0.25) is 19.2 Å². The molecule has 130 valence electrons. The minimum absolute atomic E-state index is 0.0416. The summed E-state index contributed by atoms with van der Waals surface area (Å²) in [5.74, 6) is -2.97. The SMILES string of the molecule is O=C1CC(=O)C(c2ccc(-c3ccc(C4=C(O)C(=O)CC4=O)s3)s2)=C1O. The topological polar surface area (TPSA) is 109 Å². The van der Waals surface area contributed by atoms with Crippen LogP contribution in [-0.4, -0.2) is 33.3 Å². The summed E-state index contributed by atoms with van der Waals surface area (Å²) in [5, 5.41) is 19.6. The van der Waals surface area contributed by atoms with Crippen LogP contribution in [0.15, 0.2) is 35.8 Å². The molecule has 0 saturated carbocycles. The van der Waals surface area contributed by atoms with Crippen molar-refractivity contribution in [3.8, 4) is 9.75 Å². The van der Waals surface area contributed by atoms with E-state index < -0.39 is 34.7 Å². The van der Waals surface area contributed by atoms with Crippen LogP contribution in [0.1, 0.15) is 22.6 Å². The molecule has 0 bridgehead atoms. The predicted octanol–water partition coefficient (Wildman–Crippen LogP) is 3.10. The number of Topliss-reactive ketones (excluding diaryl/α,β-unsaturated/α-hetero) is 4. The highest BCUT2D eigenvalue weighted by Crippen LogP contribution is 2.41. The molecule has 0 amide bonds. The van der Waals surface area contributed by atoms with E-state index in [2.05, 4.69) is 0 Å². The van der Waals surface area contributed by atoms with Crippen LogP contribution < -0.4 is 0 Å². The second-order valence-electron chi connectivity index (χ2n) is 5.82. The average Bonchev–Trinajstić information content (AvgIpc) is 3.31. The Kier molecular flexibility index (Phi) is 3.74. The summed E-state index contributed by atoms with van der Waals surface area (Å²) in [4.78, 5) is 49.3. The first kappa shape index (κ1) is 16.6. The third-order valence-electron chi connectivity index (χ3n) is 4.15. The molecule has 4 rings (SSSR count). The van der Waals surface area contributed by atoms with E-state index in [4.69, 9.17) is 0 Å². The number of allylic oxidation sites excluding steroid dienone is 4. The van der Waals surface area contributed by atoms with Crippen molar-refractivity contribution < 1.29 is 29.4 Å². The number of rotatable bonds is 3. The molecule has 0 radical (unpaired) electrons. The Morgan fingerprint density at radius 3 is 1.23 bits per heavy atom. The number of ketones is 4. The molecule has 6 nitrogen and oxygen atoms in total. The summed E-state index contributed by atoms with van der Waals surface area (Å²) < 4.78 is 0. The molecule has 8 heteroatoms. The summed E-state index contributed by atoms with van der Waals surface area (Å²) in [6.45, 7) is 0. The average molecular weight is 386 g/mol. The maximum Gasteiger partial charge on any atom is 0.205 e. The van der Waals surface area contributed by atoms with Gasteiger partial charge in [0.1, 0.15) is 0 Å². The van der Waals surface area contributed by atoms with E-state index in [9.17, 15) is 29.4 Å². The van der Waals surface area contributed by atoms with Gasteiger partial charge in [0.2, 0.25) is 11.6 Å². The van der Waals surface area contributed by atoms with Crippen molar-refractivity contribution >= 4 is 57.0 Å². The molecular weight excluding hydrogens is 376 g/mol. The second kappa shape index (κ2) is 5.86. The number of hydrogen-bond donors (Lipinski definition) is 2. The van der Waals surface area contributed by atoms with E-state index in [0.29, 0.717) is 9.75 Å². The lowest BCUT2D eigenvalue weighted by atomic mass is 10.2. The molecule has 2 N–H and O–H groups in total. The van der Waals surface area contributed by atoms with Gasteiger partial charge in [0.05, 0.1) is 24.0 Å².